The topological polar surface area (TPSA) is 38.7 Å². The zero-order valence-electron chi connectivity index (χ0n) is 26.3. The third-order valence-electron chi connectivity index (χ3n) is 8.85. The summed E-state index contributed by atoms with van der Waals surface area (Å²) in [6.45, 7) is 7.15. The molecule has 1 aliphatic carbocycles. The van der Waals surface area contributed by atoms with E-state index in [0.29, 0.717) is 0 Å². The number of hydrogen-bond donors (Lipinski definition) is 0. The van der Waals surface area contributed by atoms with Gasteiger partial charge in [0.2, 0.25) is 0 Å². The van der Waals surface area contributed by atoms with Gasteiger partial charge in [-0.25, -0.2) is 0 Å². The lowest BCUT2D eigenvalue weighted by molar-refractivity contribution is 0.430. The van der Waals surface area contributed by atoms with Crippen LogP contribution in [-0.4, -0.2) is 24.7 Å². The van der Waals surface area contributed by atoms with Crippen molar-refractivity contribution < 1.29 is 0 Å². The minimum Gasteiger partial charge on any atom is -0.254 e. The van der Waals surface area contributed by atoms with Gasteiger partial charge in [0.25, 0.3) is 0 Å². The fourth-order valence-corrected chi connectivity index (χ4v) is 6.85. The van der Waals surface area contributed by atoms with Crippen molar-refractivity contribution in [2.24, 2.45) is 17.8 Å². The third-order valence-corrected chi connectivity index (χ3v) is 10.4. The Hall–Kier alpha value is -1.55. The minimum atomic E-state index is 0.751. The molecule has 0 spiro atoms. The van der Waals surface area contributed by atoms with Crippen LogP contribution in [0, 0.1) is 17.8 Å². The number of rotatable bonds is 24. The molecule has 0 aromatic carbocycles. The molecular formula is C36H59N3Si. The Balaban J connectivity index is 1.22. The van der Waals surface area contributed by atoms with Gasteiger partial charge in [0, 0.05) is 11.5 Å². The van der Waals surface area contributed by atoms with E-state index in [-0.39, 0.29) is 0 Å². The van der Waals surface area contributed by atoms with E-state index < -0.39 is 0 Å². The van der Waals surface area contributed by atoms with E-state index >= 15 is 0 Å². The zero-order chi connectivity index (χ0) is 28.3. The number of hydrogen-bond acceptors (Lipinski definition) is 3. The summed E-state index contributed by atoms with van der Waals surface area (Å²) in [6.07, 6.45) is 30.0. The van der Waals surface area contributed by atoms with Crippen LogP contribution < -0.4 is 5.32 Å². The van der Waals surface area contributed by atoms with Gasteiger partial charge in [0.15, 0.2) is 0 Å². The fourth-order valence-electron chi connectivity index (χ4n) is 5.77. The molecule has 0 amide bonds. The van der Waals surface area contributed by atoms with E-state index in [0.717, 1.165) is 50.4 Å². The standard InChI is InChI=1S/C36H59N3Si/c1-4-5-12-17-30(2)18-13-11-14-19-31(3)29-40-36-27-26-35(38-39-36)34-25-24-33(28-37-34)21-16-10-8-6-7-9-15-20-32-22-23-32/h24-28,30-32H,4-23,29H2,1-3H3. The summed E-state index contributed by atoms with van der Waals surface area (Å²) in [6, 6.07) is 9.85. The summed E-state index contributed by atoms with van der Waals surface area (Å²) in [5.74, 6) is 2.79. The largest absolute Gasteiger partial charge is 0.254 e. The van der Waals surface area contributed by atoms with Crippen molar-refractivity contribution in [3.05, 3.63) is 36.0 Å². The Morgan fingerprint density at radius 1 is 0.700 bits per heavy atom. The second-order valence-corrected chi connectivity index (χ2v) is 14.3. The molecule has 0 N–H and O–H groups in total. The van der Waals surface area contributed by atoms with Crippen LogP contribution in [0.3, 0.4) is 0 Å². The smallest absolute Gasteiger partial charge is 0.111 e. The van der Waals surface area contributed by atoms with Gasteiger partial charge in [0.05, 0.1) is 5.69 Å². The summed E-state index contributed by atoms with van der Waals surface area (Å²) < 4.78 is 0. The maximum Gasteiger partial charge on any atom is 0.111 e. The molecule has 4 heteroatoms. The van der Waals surface area contributed by atoms with Crippen molar-refractivity contribution in [2.45, 2.75) is 155 Å². The Kier molecular flexibility index (Phi) is 16.8. The van der Waals surface area contributed by atoms with E-state index in [1.807, 2.05) is 6.20 Å². The Bertz CT molecular complexity index is 878. The van der Waals surface area contributed by atoms with Crippen LogP contribution in [0.25, 0.3) is 11.4 Å². The first-order valence-electron chi connectivity index (χ1n) is 17.2. The molecule has 3 nitrogen and oxygen atoms in total. The second-order valence-electron chi connectivity index (χ2n) is 13.0. The van der Waals surface area contributed by atoms with Gasteiger partial charge in [-0.05, 0) is 54.4 Å². The summed E-state index contributed by atoms with van der Waals surface area (Å²) >= 11 is 0. The molecule has 0 aliphatic heterocycles. The highest BCUT2D eigenvalue weighted by molar-refractivity contribution is 6.52. The van der Waals surface area contributed by atoms with Crippen molar-refractivity contribution >= 4 is 14.8 Å². The molecule has 2 aromatic heterocycles. The van der Waals surface area contributed by atoms with Gasteiger partial charge in [-0.2, -0.15) is 5.10 Å². The molecule has 2 atom stereocenters. The number of unbranched alkanes of at least 4 members (excludes halogenated alkanes) is 10. The van der Waals surface area contributed by atoms with Gasteiger partial charge in [-0.3, -0.25) is 4.98 Å². The highest BCUT2D eigenvalue weighted by Crippen LogP contribution is 2.34. The first-order valence-corrected chi connectivity index (χ1v) is 18.4. The molecule has 1 saturated carbocycles. The number of aromatic nitrogens is 3. The van der Waals surface area contributed by atoms with Crippen LogP contribution in [0.2, 0.25) is 6.04 Å². The van der Waals surface area contributed by atoms with Crippen LogP contribution >= 0.6 is 0 Å². The predicted molar refractivity (Wildman–Crippen MR) is 174 cm³/mol. The lowest BCUT2D eigenvalue weighted by Crippen LogP contribution is -2.21. The van der Waals surface area contributed by atoms with E-state index in [4.69, 9.17) is 4.98 Å². The zero-order valence-corrected chi connectivity index (χ0v) is 27.3. The second kappa shape index (κ2) is 20.3. The first-order chi connectivity index (χ1) is 19.6. The van der Waals surface area contributed by atoms with Crippen LogP contribution in [0.15, 0.2) is 30.5 Å². The predicted octanol–water partition coefficient (Wildman–Crippen LogP) is 10.2. The molecular weight excluding hydrogens is 503 g/mol. The Labute approximate surface area is 250 Å². The van der Waals surface area contributed by atoms with Crippen LogP contribution in [0.4, 0.5) is 0 Å². The average Bonchev–Trinajstić information content (AvgIpc) is 3.80. The molecule has 0 bridgehead atoms. The van der Waals surface area contributed by atoms with Crippen molar-refractivity contribution in [1.82, 2.24) is 15.2 Å². The summed E-state index contributed by atoms with van der Waals surface area (Å²) in [5.41, 5.74) is 3.17. The molecule has 2 aromatic rings. The van der Waals surface area contributed by atoms with Crippen molar-refractivity contribution in [3.8, 4) is 11.4 Å². The molecule has 1 fully saturated rings. The number of nitrogens with zero attached hydrogens (tertiary/aromatic N) is 3. The molecule has 222 valence electrons. The molecule has 0 saturated heterocycles. The maximum atomic E-state index is 4.70. The number of aryl methyl sites for hydroxylation is 1. The lowest BCUT2D eigenvalue weighted by Gasteiger charge is -2.12. The van der Waals surface area contributed by atoms with Gasteiger partial charge < -0.3 is 0 Å². The van der Waals surface area contributed by atoms with Crippen molar-refractivity contribution in [1.29, 1.82) is 0 Å². The molecule has 2 radical (unpaired) electrons. The Morgan fingerprint density at radius 2 is 1.35 bits per heavy atom. The molecule has 2 heterocycles. The minimum absolute atomic E-state index is 0.751. The average molecular weight is 562 g/mol. The van der Waals surface area contributed by atoms with Gasteiger partial charge in [-0.15, -0.1) is 5.10 Å². The third kappa shape index (κ3) is 14.9. The van der Waals surface area contributed by atoms with Gasteiger partial charge in [0.1, 0.15) is 15.2 Å². The van der Waals surface area contributed by atoms with Crippen LogP contribution in [0.5, 0.6) is 0 Å². The fraction of sp³-hybridized carbons (Fsp3) is 0.750. The van der Waals surface area contributed by atoms with Gasteiger partial charge >= 0.3 is 0 Å². The summed E-state index contributed by atoms with van der Waals surface area (Å²) in [5, 5.41) is 10.2. The van der Waals surface area contributed by atoms with E-state index in [9.17, 15) is 0 Å². The van der Waals surface area contributed by atoms with E-state index in [1.54, 1.807) is 0 Å². The first kappa shape index (κ1) is 33.0. The monoisotopic (exact) mass is 561 g/mol. The lowest BCUT2D eigenvalue weighted by atomic mass is 9.96. The number of pyridine rings is 1. The van der Waals surface area contributed by atoms with Crippen LogP contribution in [0.1, 0.15) is 148 Å². The Morgan fingerprint density at radius 3 is 2.00 bits per heavy atom. The summed E-state index contributed by atoms with van der Waals surface area (Å²) in [4.78, 5) is 4.70. The van der Waals surface area contributed by atoms with Crippen LogP contribution in [-0.2, 0) is 6.42 Å². The van der Waals surface area contributed by atoms with E-state index in [2.05, 4.69) is 55.2 Å². The molecule has 40 heavy (non-hydrogen) atoms. The van der Waals surface area contributed by atoms with Gasteiger partial charge in [-0.1, -0.05) is 148 Å². The summed E-state index contributed by atoms with van der Waals surface area (Å²) in [7, 11) is 0.751. The molecule has 1 aliphatic rings. The maximum absolute atomic E-state index is 4.70. The highest BCUT2D eigenvalue weighted by atomic mass is 28.2. The highest BCUT2D eigenvalue weighted by Gasteiger charge is 2.19. The quantitative estimate of drug-likeness (QED) is 0.0945. The molecule has 2 unspecified atom stereocenters. The van der Waals surface area contributed by atoms with Crippen molar-refractivity contribution in [2.75, 3.05) is 0 Å². The molecule has 3 rings (SSSR count). The van der Waals surface area contributed by atoms with Crippen molar-refractivity contribution in [3.63, 3.8) is 0 Å². The SMILES string of the molecule is CCCCCC(C)CCCCCC(C)C[Si]c1ccc(-c2ccc(CCCCCCCCCC3CC3)cn2)nn1. The van der Waals surface area contributed by atoms with E-state index in [1.165, 1.54) is 134 Å². The normalized spacial score (nSPS) is 14.9.